The number of aryl methyl sites for hydroxylation is 1. The highest BCUT2D eigenvalue weighted by Crippen LogP contribution is 2.26. The fourth-order valence-corrected chi connectivity index (χ4v) is 2.50. The van der Waals surface area contributed by atoms with Gasteiger partial charge in [-0.25, -0.2) is 0 Å². The molecule has 0 N–H and O–H groups in total. The molecule has 0 bridgehead atoms. The first-order valence-electron chi connectivity index (χ1n) is 4.17. The molecule has 1 nitrogen and oxygen atoms in total. The van der Waals surface area contributed by atoms with E-state index >= 15 is 0 Å². The molecular formula is C11H10OS. The van der Waals surface area contributed by atoms with Crippen LogP contribution in [0.25, 0.3) is 10.1 Å². The Hall–Kier alpha value is -1.15. The van der Waals surface area contributed by atoms with Crippen molar-refractivity contribution >= 4 is 27.2 Å². The molecular weight excluding hydrogens is 180 g/mol. The number of carbonyl (C=O) groups excluding carboxylic acids is 1. The Kier molecular flexibility index (Phi) is 1.93. The summed E-state index contributed by atoms with van der Waals surface area (Å²) in [4.78, 5) is 11.2. The van der Waals surface area contributed by atoms with E-state index in [-0.39, 0.29) is 5.78 Å². The Balaban J connectivity index is 2.76. The first kappa shape index (κ1) is 8.45. The maximum absolute atomic E-state index is 11.2. The van der Waals surface area contributed by atoms with Crippen LogP contribution < -0.4 is 0 Å². The predicted molar refractivity (Wildman–Crippen MR) is 56.6 cm³/mol. The number of hydrogen-bond acceptors (Lipinski definition) is 2. The molecule has 2 heteroatoms. The van der Waals surface area contributed by atoms with Gasteiger partial charge < -0.3 is 0 Å². The van der Waals surface area contributed by atoms with Crippen molar-refractivity contribution in [2.75, 3.05) is 0 Å². The Labute approximate surface area is 81.0 Å². The molecule has 0 radical (unpaired) electrons. The third-order valence-electron chi connectivity index (χ3n) is 2.11. The zero-order chi connectivity index (χ0) is 9.42. The maximum Gasteiger partial charge on any atom is 0.161 e. The fourth-order valence-electron chi connectivity index (χ4n) is 1.41. The van der Waals surface area contributed by atoms with Crippen LogP contribution in [-0.4, -0.2) is 5.78 Å². The van der Waals surface area contributed by atoms with E-state index < -0.39 is 0 Å². The normalized spacial score (nSPS) is 10.6. The van der Waals surface area contributed by atoms with Crippen molar-refractivity contribution < 1.29 is 4.79 Å². The van der Waals surface area contributed by atoms with Crippen LogP contribution in [0.3, 0.4) is 0 Å². The van der Waals surface area contributed by atoms with Crippen LogP contribution in [0.15, 0.2) is 23.6 Å². The summed E-state index contributed by atoms with van der Waals surface area (Å²) in [6.45, 7) is 3.67. The van der Waals surface area contributed by atoms with Crippen molar-refractivity contribution in [1.29, 1.82) is 0 Å². The van der Waals surface area contributed by atoms with E-state index in [4.69, 9.17) is 0 Å². The maximum atomic E-state index is 11.2. The third-order valence-corrected chi connectivity index (χ3v) is 3.06. The number of ketones is 1. The van der Waals surface area contributed by atoms with Crippen LogP contribution in [0, 0.1) is 6.92 Å². The molecule has 0 atom stereocenters. The van der Waals surface area contributed by atoms with Gasteiger partial charge in [0.25, 0.3) is 0 Å². The minimum absolute atomic E-state index is 0.148. The molecule has 0 amide bonds. The number of rotatable bonds is 1. The van der Waals surface area contributed by atoms with Crippen molar-refractivity contribution in [2.45, 2.75) is 13.8 Å². The third kappa shape index (κ3) is 1.38. The number of Topliss-reactive ketones (excluding diaryl/α,β-unsaturated/α-hetero) is 1. The Morgan fingerprint density at radius 3 is 2.85 bits per heavy atom. The molecule has 0 spiro atoms. The summed E-state index contributed by atoms with van der Waals surface area (Å²) < 4.78 is 1.20. The number of hydrogen-bond donors (Lipinski definition) is 0. The summed E-state index contributed by atoms with van der Waals surface area (Å²) in [6, 6.07) is 6.19. The Morgan fingerprint density at radius 2 is 2.15 bits per heavy atom. The van der Waals surface area contributed by atoms with E-state index in [9.17, 15) is 4.79 Å². The number of thiophene rings is 1. The van der Waals surface area contributed by atoms with Crippen LogP contribution in [-0.2, 0) is 0 Å². The molecule has 1 aromatic heterocycles. The van der Waals surface area contributed by atoms with E-state index in [1.165, 1.54) is 10.3 Å². The second kappa shape index (κ2) is 2.96. The highest BCUT2D eigenvalue weighted by Gasteiger charge is 2.06. The lowest BCUT2D eigenvalue weighted by molar-refractivity contribution is 0.101. The zero-order valence-corrected chi connectivity index (χ0v) is 8.44. The Bertz CT molecular complexity index is 468. The fraction of sp³-hybridized carbons (Fsp3) is 0.182. The van der Waals surface area contributed by atoms with Gasteiger partial charge in [-0.2, -0.15) is 0 Å². The average Bonchev–Trinajstić information content (AvgIpc) is 2.46. The van der Waals surface area contributed by atoms with Crippen molar-refractivity contribution in [2.24, 2.45) is 0 Å². The number of carbonyl (C=O) groups is 1. The summed E-state index contributed by atoms with van der Waals surface area (Å²) in [5.74, 6) is 0.148. The summed E-state index contributed by atoms with van der Waals surface area (Å²) >= 11 is 1.64. The first-order chi connectivity index (χ1) is 6.18. The standard InChI is InChI=1S/C11H10OS/c1-7-3-4-9-10(8(2)12)6-13-11(9)5-7/h3-6H,1-2H3. The van der Waals surface area contributed by atoms with Crippen LogP contribution in [0.1, 0.15) is 22.8 Å². The topological polar surface area (TPSA) is 17.1 Å². The molecule has 2 aromatic rings. The van der Waals surface area contributed by atoms with Gasteiger partial charge in [0.15, 0.2) is 5.78 Å². The van der Waals surface area contributed by atoms with Gasteiger partial charge in [-0.1, -0.05) is 12.1 Å². The monoisotopic (exact) mass is 190 g/mol. The van der Waals surface area contributed by atoms with Gasteiger partial charge in [-0.15, -0.1) is 11.3 Å². The zero-order valence-electron chi connectivity index (χ0n) is 7.63. The minimum Gasteiger partial charge on any atom is -0.294 e. The molecule has 0 fully saturated rings. The number of benzene rings is 1. The molecule has 1 heterocycles. The lowest BCUT2D eigenvalue weighted by Gasteiger charge is -1.94. The van der Waals surface area contributed by atoms with Gasteiger partial charge in [-0.05, 0) is 25.5 Å². The average molecular weight is 190 g/mol. The van der Waals surface area contributed by atoms with E-state index in [1.54, 1.807) is 18.3 Å². The van der Waals surface area contributed by atoms with Crippen LogP contribution in [0.4, 0.5) is 0 Å². The molecule has 0 saturated carbocycles. The molecule has 2 rings (SSSR count). The smallest absolute Gasteiger partial charge is 0.161 e. The van der Waals surface area contributed by atoms with Crippen molar-refractivity contribution in [3.63, 3.8) is 0 Å². The predicted octanol–water partition coefficient (Wildman–Crippen LogP) is 3.41. The van der Waals surface area contributed by atoms with E-state index in [1.807, 2.05) is 17.5 Å². The highest BCUT2D eigenvalue weighted by molar-refractivity contribution is 7.17. The van der Waals surface area contributed by atoms with Gasteiger partial charge >= 0.3 is 0 Å². The largest absolute Gasteiger partial charge is 0.294 e. The molecule has 66 valence electrons. The van der Waals surface area contributed by atoms with Gasteiger partial charge in [0.05, 0.1) is 0 Å². The van der Waals surface area contributed by atoms with Gasteiger partial charge in [-0.3, -0.25) is 4.79 Å². The van der Waals surface area contributed by atoms with E-state index in [0.29, 0.717) is 0 Å². The van der Waals surface area contributed by atoms with Crippen LogP contribution in [0.2, 0.25) is 0 Å². The van der Waals surface area contributed by atoms with E-state index in [2.05, 4.69) is 13.0 Å². The molecule has 0 aliphatic rings. The second-order valence-corrected chi connectivity index (χ2v) is 4.12. The molecule has 0 unspecified atom stereocenters. The summed E-state index contributed by atoms with van der Waals surface area (Å²) in [6.07, 6.45) is 0. The quantitative estimate of drug-likeness (QED) is 0.630. The molecule has 0 aliphatic heterocycles. The number of fused-ring (bicyclic) bond motifs is 1. The lowest BCUT2D eigenvalue weighted by atomic mass is 10.1. The first-order valence-corrected chi connectivity index (χ1v) is 5.05. The van der Waals surface area contributed by atoms with Crippen LogP contribution in [0.5, 0.6) is 0 Å². The SMILES string of the molecule is CC(=O)c1csc2cc(C)ccc12. The van der Waals surface area contributed by atoms with Gasteiger partial charge in [0.1, 0.15) is 0 Å². The summed E-state index contributed by atoms with van der Waals surface area (Å²) in [5.41, 5.74) is 2.09. The minimum atomic E-state index is 0.148. The molecule has 13 heavy (non-hydrogen) atoms. The van der Waals surface area contributed by atoms with Gasteiger partial charge in [0, 0.05) is 21.0 Å². The second-order valence-electron chi connectivity index (χ2n) is 3.21. The van der Waals surface area contributed by atoms with Crippen molar-refractivity contribution in [1.82, 2.24) is 0 Å². The molecule has 0 saturated heterocycles. The highest BCUT2D eigenvalue weighted by atomic mass is 32.1. The molecule has 0 aliphatic carbocycles. The van der Waals surface area contributed by atoms with Crippen molar-refractivity contribution in [3.05, 3.63) is 34.7 Å². The lowest BCUT2D eigenvalue weighted by Crippen LogP contribution is -1.88. The van der Waals surface area contributed by atoms with Crippen LogP contribution >= 0.6 is 11.3 Å². The van der Waals surface area contributed by atoms with Gasteiger partial charge in [0.2, 0.25) is 0 Å². The van der Waals surface area contributed by atoms with Crippen molar-refractivity contribution in [3.8, 4) is 0 Å². The summed E-state index contributed by atoms with van der Waals surface area (Å²) in [7, 11) is 0. The summed E-state index contributed by atoms with van der Waals surface area (Å²) in [5, 5.41) is 3.02. The Morgan fingerprint density at radius 1 is 1.38 bits per heavy atom. The van der Waals surface area contributed by atoms with E-state index in [0.717, 1.165) is 10.9 Å². The molecule has 1 aromatic carbocycles.